The van der Waals surface area contributed by atoms with Gasteiger partial charge in [0.05, 0.1) is 13.2 Å². The largest absolute Gasteiger partial charge is 0.453 e. The van der Waals surface area contributed by atoms with Gasteiger partial charge in [-0.1, -0.05) is 78.7 Å². The van der Waals surface area contributed by atoms with E-state index in [0.717, 1.165) is 5.56 Å². The molecule has 2 atom stereocenters. The Labute approximate surface area is 266 Å². The maximum atomic E-state index is 13.3. The summed E-state index contributed by atoms with van der Waals surface area (Å²) in [6.07, 6.45) is 0.119. The van der Waals surface area contributed by atoms with Gasteiger partial charge in [-0.2, -0.15) is 0 Å². The van der Waals surface area contributed by atoms with Crippen molar-refractivity contribution in [2.24, 2.45) is 5.73 Å². The zero-order valence-electron chi connectivity index (χ0n) is 24.1. The number of nitrogens with zero attached hydrogens (tertiary/aromatic N) is 1. The van der Waals surface area contributed by atoms with Crippen LogP contribution in [-0.2, 0) is 32.2 Å². The molecule has 44 heavy (non-hydrogen) atoms. The van der Waals surface area contributed by atoms with Crippen molar-refractivity contribution in [2.45, 2.75) is 37.6 Å². The van der Waals surface area contributed by atoms with Gasteiger partial charge in [0.1, 0.15) is 22.0 Å². The Balaban J connectivity index is 1.55. The molecule has 0 saturated heterocycles. The number of aryl methyl sites for hydroxylation is 1. The van der Waals surface area contributed by atoms with Crippen molar-refractivity contribution in [3.8, 4) is 11.3 Å². The number of nitrogens with two attached hydrogens (primary N) is 1. The molecule has 1 aromatic heterocycles. The quantitative estimate of drug-likeness (QED) is 0.146. The van der Waals surface area contributed by atoms with Crippen LogP contribution in [0.15, 0.2) is 72.8 Å². The van der Waals surface area contributed by atoms with E-state index >= 15 is 0 Å². The normalized spacial score (nSPS) is 12.8. The number of nitrogens with one attached hydrogen (secondary N) is 3. The van der Waals surface area contributed by atoms with Gasteiger partial charge in [0.25, 0.3) is 0 Å². The van der Waals surface area contributed by atoms with E-state index in [9.17, 15) is 18.0 Å². The fourth-order valence-electron chi connectivity index (χ4n) is 4.63. The first-order valence-electron chi connectivity index (χ1n) is 13.8. The number of hydrogen-bond acceptors (Lipinski definition) is 7. The number of carbonyl (C=O) groups is 2. The lowest BCUT2D eigenvalue weighted by atomic mass is 10.0. The number of sulfone groups is 1. The first kappa shape index (κ1) is 33.0. The van der Waals surface area contributed by atoms with Crippen molar-refractivity contribution in [3.05, 3.63) is 105 Å². The van der Waals surface area contributed by atoms with Crippen LogP contribution in [-0.4, -0.2) is 43.2 Å². The van der Waals surface area contributed by atoms with E-state index in [1.54, 1.807) is 42.5 Å². The molecule has 0 radical (unpaired) electrons. The summed E-state index contributed by atoms with van der Waals surface area (Å²) < 4.78 is 29.6. The Morgan fingerprint density at radius 1 is 1.05 bits per heavy atom. The van der Waals surface area contributed by atoms with Crippen molar-refractivity contribution >= 4 is 50.7 Å². The van der Waals surface area contributed by atoms with Gasteiger partial charge >= 0.3 is 6.09 Å². The number of halogens is 2. The number of ether oxygens (including phenoxy) is 1. The zero-order valence-corrected chi connectivity index (χ0v) is 26.5. The number of imidazole rings is 1. The molecule has 0 bridgehead atoms. The summed E-state index contributed by atoms with van der Waals surface area (Å²) >= 11 is 12.8. The van der Waals surface area contributed by atoms with Crippen molar-refractivity contribution in [1.29, 1.82) is 0 Å². The third-order valence-electron chi connectivity index (χ3n) is 7.04. The fraction of sp³-hybridized carbons (Fsp3) is 0.258. The molecular formula is C31H33Cl2N5O5S. The number of H-pyrrole nitrogens is 1. The van der Waals surface area contributed by atoms with E-state index in [1.165, 1.54) is 14.0 Å². The second kappa shape index (κ2) is 14.7. The third-order valence-corrected chi connectivity index (χ3v) is 9.38. The van der Waals surface area contributed by atoms with E-state index in [0.29, 0.717) is 45.3 Å². The van der Waals surface area contributed by atoms with Gasteiger partial charge in [-0.3, -0.25) is 10.1 Å². The van der Waals surface area contributed by atoms with Crippen LogP contribution >= 0.6 is 23.2 Å². The molecule has 0 aliphatic rings. The van der Waals surface area contributed by atoms with Crippen LogP contribution in [0.4, 0.5) is 10.5 Å². The number of benzene rings is 3. The number of anilines is 1. The first-order valence-corrected chi connectivity index (χ1v) is 16.3. The number of amides is 2. The molecule has 4 rings (SSSR count). The molecule has 0 spiro atoms. The minimum Gasteiger partial charge on any atom is -0.453 e. The molecule has 0 fully saturated rings. The minimum absolute atomic E-state index is 0.0491. The van der Waals surface area contributed by atoms with Crippen LogP contribution in [0.25, 0.3) is 11.3 Å². The van der Waals surface area contributed by atoms with E-state index in [2.05, 4.69) is 20.4 Å². The summed E-state index contributed by atoms with van der Waals surface area (Å²) in [6, 6.07) is 20.8. The second-order valence-electron chi connectivity index (χ2n) is 10.0. The average molecular weight is 659 g/mol. The Hall–Kier alpha value is -3.90. The monoisotopic (exact) mass is 657 g/mol. The lowest BCUT2D eigenvalue weighted by molar-refractivity contribution is -0.121. The predicted octanol–water partition coefficient (Wildman–Crippen LogP) is 5.99. The van der Waals surface area contributed by atoms with E-state index in [4.69, 9.17) is 33.9 Å². The van der Waals surface area contributed by atoms with Gasteiger partial charge < -0.3 is 20.8 Å². The highest BCUT2D eigenvalue weighted by atomic mass is 35.5. The molecule has 0 aliphatic heterocycles. The maximum absolute atomic E-state index is 13.3. The van der Waals surface area contributed by atoms with Gasteiger partial charge in [-0.25, -0.2) is 18.2 Å². The molecule has 5 N–H and O–H groups in total. The Morgan fingerprint density at radius 2 is 1.75 bits per heavy atom. The van der Waals surface area contributed by atoms with Crippen LogP contribution in [0, 0.1) is 0 Å². The first-order chi connectivity index (χ1) is 21.0. The highest BCUT2D eigenvalue weighted by molar-refractivity contribution is 7.91. The summed E-state index contributed by atoms with van der Waals surface area (Å²) in [7, 11) is -2.28. The SMILES string of the molecule is CCS(=O)(=O)C(N)c1ccc(Cl)cc1CCC(=O)N[C@@H](Cc1ccccc1)c1nc(-c2ccc(NC(=O)OC)cc2)c(Cl)[nH]1. The third kappa shape index (κ3) is 8.38. The highest BCUT2D eigenvalue weighted by Crippen LogP contribution is 2.30. The molecule has 3 aromatic carbocycles. The molecule has 0 saturated carbocycles. The van der Waals surface area contributed by atoms with Gasteiger partial charge in [0.2, 0.25) is 5.91 Å². The number of methoxy groups -OCH3 is 1. The van der Waals surface area contributed by atoms with Crippen LogP contribution in [0.5, 0.6) is 0 Å². The van der Waals surface area contributed by atoms with Crippen molar-refractivity contribution < 1.29 is 22.7 Å². The molecule has 0 aliphatic carbocycles. The predicted molar refractivity (Wildman–Crippen MR) is 172 cm³/mol. The Bertz CT molecular complexity index is 1710. The minimum atomic E-state index is -3.56. The molecule has 13 heteroatoms. The molecule has 1 heterocycles. The van der Waals surface area contributed by atoms with Gasteiger partial charge in [0.15, 0.2) is 9.84 Å². The highest BCUT2D eigenvalue weighted by Gasteiger charge is 2.25. The molecule has 10 nitrogen and oxygen atoms in total. The van der Waals surface area contributed by atoms with Crippen molar-refractivity contribution in [2.75, 3.05) is 18.2 Å². The van der Waals surface area contributed by atoms with Crippen LogP contribution < -0.4 is 16.4 Å². The van der Waals surface area contributed by atoms with Crippen LogP contribution in [0.1, 0.15) is 47.3 Å². The summed E-state index contributed by atoms with van der Waals surface area (Å²) in [4.78, 5) is 32.6. The fourth-order valence-corrected chi connectivity index (χ4v) is 6.05. The summed E-state index contributed by atoms with van der Waals surface area (Å²) in [5, 5.41) is 5.12. The van der Waals surface area contributed by atoms with Gasteiger partial charge in [-0.15, -0.1) is 0 Å². The maximum Gasteiger partial charge on any atom is 0.411 e. The summed E-state index contributed by atoms with van der Waals surface area (Å²) in [5.74, 6) is 0.0645. The number of hydrogen-bond donors (Lipinski definition) is 4. The molecule has 2 amide bonds. The van der Waals surface area contributed by atoms with Crippen molar-refractivity contribution in [3.63, 3.8) is 0 Å². The zero-order chi connectivity index (χ0) is 31.9. The van der Waals surface area contributed by atoms with Gasteiger partial charge in [0, 0.05) is 28.4 Å². The number of aromatic nitrogens is 2. The summed E-state index contributed by atoms with van der Waals surface area (Å²) in [6.45, 7) is 1.54. The lowest BCUT2D eigenvalue weighted by Gasteiger charge is -2.19. The molecule has 232 valence electrons. The molecular weight excluding hydrogens is 625 g/mol. The lowest BCUT2D eigenvalue weighted by Crippen LogP contribution is -2.31. The molecule has 1 unspecified atom stereocenters. The summed E-state index contributed by atoms with van der Waals surface area (Å²) in [5.41, 5.74) is 9.80. The number of aromatic amines is 1. The average Bonchev–Trinajstić information content (AvgIpc) is 3.41. The van der Waals surface area contributed by atoms with E-state index in [-0.39, 0.29) is 29.7 Å². The second-order valence-corrected chi connectivity index (χ2v) is 13.2. The van der Waals surface area contributed by atoms with Gasteiger partial charge in [-0.05, 0) is 53.8 Å². The smallest absolute Gasteiger partial charge is 0.411 e. The molecule has 4 aromatic rings. The Kier molecular flexibility index (Phi) is 11.0. The topological polar surface area (TPSA) is 156 Å². The van der Waals surface area contributed by atoms with E-state index in [1.807, 2.05) is 30.3 Å². The van der Waals surface area contributed by atoms with E-state index < -0.39 is 27.3 Å². The van der Waals surface area contributed by atoms with Crippen LogP contribution in [0.2, 0.25) is 10.2 Å². The number of carbonyl (C=O) groups excluding carboxylic acids is 2. The van der Waals surface area contributed by atoms with Crippen molar-refractivity contribution in [1.82, 2.24) is 15.3 Å². The number of rotatable bonds is 12. The Morgan fingerprint density at radius 3 is 2.41 bits per heavy atom. The standard InChI is InChI=1S/C31H33Cl2N5O5S/c1-3-44(41,42)29(34)24-15-12-22(32)18-21(24)11-16-26(39)36-25(17-19-7-5-4-6-8-19)30-37-27(28(33)38-30)20-9-13-23(14-10-20)35-31(40)43-2/h4-10,12-15,18,25,29H,3,11,16-17,34H2,1-2H3,(H,35,40)(H,36,39)(H,37,38)/t25-,29?/m0/s1. The van der Waals surface area contributed by atoms with Crippen LogP contribution in [0.3, 0.4) is 0 Å².